The molecule has 84 valence electrons. The van der Waals surface area contributed by atoms with Crippen LogP contribution in [0.4, 0.5) is 0 Å². The van der Waals surface area contributed by atoms with Crippen LogP contribution in [0.3, 0.4) is 0 Å². The lowest BCUT2D eigenvalue weighted by molar-refractivity contribution is 0.280. The van der Waals surface area contributed by atoms with E-state index in [1.165, 1.54) is 25.7 Å². The van der Waals surface area contributed by atoms with Crippen molar-refractivity contribution in [3.05, 3.63) is 11.7 Å². The number of nitrogens with zero attached hydrogens (tertiary/aromatic N) is 2. The van der Waals surface area contributed by atoms with Crippen LogP contribution < -0.4 is 5.73 Å². The van der Waals surface area contributed by atoms with E-state index in [4.69, 9.17) is 10.3 Å². The van der Waals surface area contributed by atoms with Gasteiger partial charge < -0.3 is 10.3 Å². The minimum absolute atomic E-state index is 0.134. The topological polar surface area (TPSA) is 64.9 Å². The van der Waals surface area contributed by atoms with Crippen molar-refractivity contribution in [1.29, 1.82) is 0 Å². The largest absolute Gasteiger partial charge is 0.339 e. The lowest BCUT2D eigenvalue weighted by atomic mass is 9.83. The molecule has 2 rings (SSSR count). The Kier molecular flexibility index (Phi) is 3.05. The second kappa shape index (κ2) is 4.31. The van der Waals surface area contributed by atoms with Crippen molar-refractivity contribution in [2.75, 3.05) is 0 Å². The molecule has 0 amide bonds. The Morgan fingerprint density at radius 3 is 2.53 bits per heavy atom. The van der Waals surface area contributed by atoms with Gasteiger partial charge >= 0.3 is 0 Å². The van der Waals surface area contributed by atoms with Crippen molar-refractivity contribution in [1.82, 2.24) is 10.1 Å². The summed E-state index contributed by atoms with van der Waals surface area (Å²) in [5.74, 6) is 2.72. The summed E-state index contributed by atoms with van der Waals surface area (Å²) in [5, 5.41) is 3.90. The minimum Gasteiger partial charge on any atom is -0.339 e. The Morgan fingerprint density at radius 1 is 1.33 bits per heavy atom. The molecule has 0 radical (unpaired) electrons. The van der Waals surface area contributed by atoms with Gasteiger partial charge in [-0.05, 0) is 38.5 Å². The van der Waals surface area contributed by atoms with Gasteiger partial charge in [0.05, 0.1) is 6.04 Å². The van der Waals surface area contributed by atoms with Gasteiger partial charge in [0.15, 0.2) is 5.82 Å². The molecule has 1 aliphatic carbocycles. The van der Waals surface area contributed by atoms with Crippen molar-refractivity contribution in [2.45, 2.75) is 51.5 Å². The third kappa shape index (κ3) is 2.37. The molecule has 1 fully saturated rings. The third-order valence-electron chi connectivity index (χ3n) is 3.23. The summed E-state index contributed by atoms with van der Waals surface area (Å²) < 4.78 is 5.26. The summed E-state index contributed by atoms with van der Waals surface area (Å²) in [6.45, 7) is 4.18. The zero-order valence-electron chi connectivity index (χ0n) is 9.44. The first-order chi connectivity index (χ1) is 7.16. The van der Waals surface area contributed by atoms with Gasteiger partial charge in [0.25, 0.3) is 0 Å². The van der Waals surface area contributed by atoms with Gasteiger partial charge in [0.1, 0.15) is 0 Å². The first-order valence-electron chi connectivity index (χ1n) is 5.76. The van der Waals surface area contributed by atoms with E-state index in [1.54, 1.807) is 0 Å². The standard InChI is InChI=1S/C11H19N3O/c1-7-3-5-9(6-4-7)11-13-10(8(2)12)14-15-11/h7-9H,3-6,12H2,1-2H3. The Balaban J connectivity index is 2.03. The monoisotopic (exact) mass is 209 g/mol. The molecule has 15 heavy (non-hydrogen) atoms. The van der Waals surface area contributed by atoms with Gasteiger partial charge in [-0.25, -0.2) is 0 Å². The predicted octanol–water partition coefficient (Wildman–Crippen LogP) is 2.38. The highest BCUT2D eigenvalue weighted by molar-refractivity contribution is 4.98. The van der Waals surface area contributed by atoms with Gasteiger partial charge in [0.2, 0.25) is 5.89 Å². The highest BCUT2D eigenvalue weighted by atomic mass is 16.5. The molecule has 0 bridgehead atoms. The minimum atomic E-state index is -0.134. The third-order valence-corrected chi connectivity index (χ3v) is 3.23. The van der Waals surface area contributed by atoms with E-state index in [9.17, 15) is 0 Å². The summed E-state index contributed by atoms with van der Waals surface area (Å²) >= 11 is 0. The molecule has 1 aromatic heterocycles. The fourth-order valence-electron chi connectivity index (χ4n) is 2.11. The van der Waals surface area contributed by atoms with Gasteiger partial charge in [-0.2, -0.15) is 4.98 Å². The van der Waals surface area contributed by atoms with Gasteiger partial charge in [0, 0.05) is 5.92 Å². The first kappa shape index (κ1) is 10.6. The van der Waals surface area contributed by atoms with E-state index in [0.29, 0.717) is 11.7 Å². The summed E-state index contributed by atoms with van der Waals surface area (Å²) in [5.41, 5.74) is 5.69. The maximum absolute atomic E-state index is 5.69. The molecular formula is C11H19N3O. The SMILES string of the molecule is CC1CCC(c2nc(C(C)N)no2)CC1. The quantitative estimate of drug-likeness (QED) is 0.812. The first-order valence-corrected chi connectivity index (χ1v) is 5.76. The molecule has 4 heteroatoms. The normalized spacial score (nSPS) is 29.0. The lowest BCUT2D eigenvalue weighted by Gasteiger charge is -2.23. The maximum Gasteiger partial charge on any atom is 0.229 e. The number of aromatic nitrogens is 2. The highest BCUT2D eigenvalue weighted by Crippen LogP contribution is 2.34. The summed E-state index contributed by atoms with van der Waals surface area (Å²) in [4.78, 5) is 4.36. The van der Waals surface area contributed by atoms with Crippen LogP contribution in [0, 0.1) is 5.92 Å². The zero-order chi connectivity index (χ0) is 10.8. The van der Waals surface area contributed by atoms with Crippen LogP contribution in [-0.4, -0.2) is 10.1 Å². The number of nitrogens with two attached hydrogens (primary N) is 1. The summed E-state index contributed by atoms with van der Waals surface area (Å²) in [7, 11) is 0. The summed E-state index contributed by atoms with van der Waals surface area (Å²) in [6.07, 6.45) is 4.87. The molecule has 0 aliphatic heterocycles. The second-order valence-corrected chi connectivity index (χ2v) is 4.74. The van der Waals surface area contributed by atoms with E-state index in [1.807, 2.05) is 6.92 Å². The molecular weight excluding hydrogens is 190 g/mol. The Labute approximate surface area is 90.2 Å². The van der Waals surface area contributed by atoms with Crippen LogP contribution in [0.1, 0.15) is 63.2 Å². The molecule has 0 aromatic carbocycles. The Morgan fingerprint density at radius 2 is 2.00 bits per heavy atom. The molecule has 1 heterocycles. The molecule has 0 saturated heterocycles. The average Bonchev–Trinajstić information content (AvgIpc) is 2.68. The van der Waals surface area contributed by atoms with Crippen molar-refractivity contribution < 1.29 is 4.52 Å². The molecule has 1 aliphatic rings. The Hall–Kier alpha value is -0.900. The fraction of sp³-hybridized carbons (Fsp3) is 0.818. The lowest BCUT2D eigenvalue weighted by Crippen LogP contribution is -2.12. The van der Waals surface area contributed by atoms with Crippen LogP contribution in [0.2, 0.25) is 0 Å². The fourth-order valence-corrected chi connectivity index (χ4v) is 2.11. The molecule has 0 spiro atoms. The van der Waals surface area contributed by atoms with E-state index in [0.717, 1.165) is 11.8 Å². The molecule has 1 unspecified atom stereocenters. The van der Waals surface area contributed by atoms with E-state index in [-0.39, 0.29) is 6.04 Å². The van der Waals surface area contributed by atoms with Crippen molar-refractivity contribution in [3.63, 3.8) is 0 Å². The van der Waals surface area contributed by atoms with Gasteiger partial charge in [-0.3, -0.25) is 0 Å². The zero-order valence-corrected chi connectivity index (χ0v) is 9.44. The van der Waals surface area contributed by atoms with E-state index < -0.39 is 0 Å². The smallest absolute Gasteiger partial charge is 0.229 e. The number of hydrogen-bond acceptors (Lipinski definition) is 4. The van der Waals surface area contributed by atoms with Crippen LogP contribution >= 0.6 is 0 Å². The summed E-state index contributed by atoms with van der Waals surface area (Å²) in [6, 6.07) is -0.134. The van der Waals surface area contributed by atoms with Gasteiger partial charge in [-0.15, -0.1) is 0 Å². The molecule has 1 saturated carbocycles. The number of hydrogen-bond donors (Lipinski definition) is 1. The van der Waals surface area contributed by atoms with Gasteiger partial charge in [-0.1, -0.05) is 12.1 Å². The van der Waals surface area contributed by atoms with Crippen molar-refractivity contribution >= 4 is 0 Å². The van der Waals surface area contributed by atoms with Crippen LogP contribution in [-0.2, 0) is 0 Å². The average molecular weight is 209 g/mol. The number of rotatable bonds is 2. The second-order valence-electron chi connectivity index (χ2n) is 4.74. The van der Waals surface area contributed by atoms with Crippen LogP contribution in [0.5, 0.6) is 0 Å². The predicted molar refractivity (Wildman–Crippen MR) is 57.3 cm³/mol. The highest BCUT2D eigenvalue weighted by Gasteiger charge is 2.24. The van der Waals surface area contributed by atoms with Crippen molar-refractivity contribution in [3.8, 4) is 0 Å². The van der Waals surface area contributed by atoms with E-state index in [2.05, 4.69) is 17.1 Å². The molecule has 2 N–H and O–H groups in total. The van der Waals surface area contributed by atoms with Crippen molar-refractivity contribution in [2.24, 2.45) is 11.7 Å². The maximum atomic E-state index is 5.69. The Bertz CT molecular complexity index is 313. The van der Waals surface area contributed by atoms with Crippen LogP contribution in [0.25, 0.3) is 0 Å². The van der Waals surface area contributed by atoms with Crippen LogP contribution in [0.15, 0.2) is 4.52 Å². The van der Waals surface area contributed by atoms with E-state index >= 15 is 0 Å². The molecule has 1 aromatic rings. The molecule has 4 nitrogen and oxygen atoms in total. The molecule has 1 atom stereocenters.